The molecule has 0 N–H and O–H groups in total. The Morgan fingerprint density at radius 1 is 1.00 bits per heavy atom. The number of aryl methyl sites for hydroxylation is 3. The molecule has 4 aromatic rings. The summed E-state index contributed by atoms with van der Waals surface area (Å²) in [6, 6.07) is 16.5. The normalized spacial score (nSPS) is 11.1. The van der Waals surface area contributed by atoms with Gasteiger partial charge >= 0.3 is 0 Å². The molecule has 0 amide bonds. The first-order valence-electron chi connectivity index (χ1n) is 7.92. The highest BCUT2D eigenvalue weighted by Gasteiger charge is 2.23. The summed E-state index contributed by atoms with van der Waals surface area (Å²) in [7, 11) is 2.02. The minimum absolute atomic E-state index is 0.661. The number of furan rings is 1. The number of fused-ring (bicyclic) bond motifs is 3. The molecule has 0 aliphatic rings. The zero-order valence-electron chi connectivity index (χ0n) is 13.9. The van der Waals surface area contributed by atoms with Crippen molar-refractivity contribution in [3.8, 4) is 17.3 Å². The summed E-state index contributed by atoms with van der Waals surface area (Å²) in [5.74, 6) is 0. The van der Waals surface area contributed by atoms with Gasteiger partial charge in [0.1, 0.15) is 12.6 Å². The van der Waals surface area contributed by atoms with Crippen LogP contribution in [0.1, 0.15) is 16.7 Å². The predicted molar refractivity (Wildman–Crippen MR) is 94.5 cm³/mol. The number of hydrogen-bond donors (Lipinski definition) is 0. The number of rotatable bonds is 1. The van der Waals surface area contributed by atoms with Crippen molar-refractivity contribution >= 4 is 21.9 Å². The lowest BCUT2D eigenvalue weighted by Gasteiger charge is -2.06. The second-order valence-corrected chi connectivity index (χ2v) is 6.18. The van der Waals surface area contributed by atoms with Crippen LogP contribution in [0.3, 0.4) is 0 Å². The average molecular weight is 313 g/mol. The maximum atomic E-state index is 9.63. The molecule has 0 radical (unpaired) electrons. The van der Waals surface area contributed by atoms with Crippen molar-refractivity contribution in [1.82, 2.24) is 0 Å². The van der Waals surface area contributed by atoms with Gasteiger partial charge in [0.2, 0.25) is 5.69 Å². The Bertz CT molecular complexity index is 1150. The summed E-state index contributed by atoms with van der Waals surface area (Å²) < 4.78 is 8.36. The van der Waals surface area contributed by atoms with Gasteiger partial charge in [-0.15, -0.1) is 0 Å². The van der Waals surface area contributed by atoms with E-state index in [9.17, 15) is 5.26 Å². The van der Waals surface area contributed by atoms with Crippen LogP contribution in [0.25, 0.3) is 33.2 Å². The molecule has 2 heterocycles. The second-order valence-electron chi connectivity index (χ2n) is 6.18. The summed E-state index contributed by atoms with van der Waals surface area (Å²) in [5, 5.41) is 11.5. The van der Waals surface area contributed by atoms with Gasteiger partial charge in [0.15, 0.2) is 11.8 Å². The Kier molecular flexibility index (Phi) is 3.14. The molecule has 0 unspecified atom stereocenters. The zero-order valence-corrected chi connectivity index (χ0v) is 13.9. The lowest BCUT2D eigenvalue weighted by molar-refractivity contribution is -0.660. The molecule has 0 aliphatic heterocycles. The number of pyridine rings is 1. The van der Waals surface area contributed by atoms with Crippen molar-refractivity contribution in [3.63, 3.8) is 0 Å². The van der Waals surface area contributed by atoms with Gasteiger partial charge in [-0.1, -0.05) is 18.2 Å². The quantitative estimate of drug-likeness (QED) is 0.483. The monoisotopic (exact) mass is 313 g/mol. The van der Waals surface area contributed by atoms with Gasteiger partial charge in [0.25, 0.3) is 0 Å². The third-order valence-corrected chi connectivity index (χ3v) is 4.60. The minimum atomic E-state index is 0.661. The molecule has 0 spiro atoms. The van der Waals surface area contributed by atoms with E-state index < -0.39 is 0 Å². The third-order valence-electron chi connectivity index (χ3n) is 4.60. The van der Waals surface area contributed by atoms with Gasteiger partial charge in [0.05, 0.1) is 17.2 Å². The van der Waals surface area contributed by atoms with Crippen molar-refractivity contribution in [3.05, 3.63) is 65.4 Å². The Hall–Kier alpha value is -3.12. The Morgan fingerprint density at radius 3 is 2.58 bits per heavy atom. The third kappa shape index (κ3) is 1.93. The lowest BCUT2D eigenvalue weighted by Crippen LogP contribution is -2.30. The number of aromatic nitrogens is 1. The van der Waals surface area contributed by atoms with E-state index in [0.717, 1.165) is 44.3 Å². The summed E-state index contributed by atoms with van der Waals surface area (Å²) in [4.78, 5) is 0. The molecule has 0 bridgehead atoms. The van der Waals surface area contributed by atoms with Crippen LogP contribution < -0.4 is 4.57 Å². The summed E-state index contributed by atoms with van der Waals surface area (Å²) in [5.41, 5.74) is 6.54. The standard InChI is InChI=1S/C21H17N2O/c1-13-7-6-8-16-19-15(12-22)11-14(2)18(21(19)24-20(13)16)17-9-4-5-10-23(17)3/h4-11H,1-3H3/q+1. The van der Waals surface area contributed by atoms with Crippen molar-refractivity contribution in [2.24, 2.45) is 7.05 Å². The van der Waals surface area contributed by atoms with Crippen LogP contribution in [0.2, 0.25) is 0 Å². The van der Waals surface area contributed by atoms with E-state index in [4.69, 9.17) is 4.42 Å². The van der Waals surface area contributed by atoms with Crippen molar-refractivity contribution in [2.45, 2.75) is 13.8 Å². The minimum Gasteiger partial charge on any atom is -0.455 e. The zero-order chi connectivity index (χ0) is 16.8. The van der Waals surface area contributed by atoms with E-state index in [2.05, 4.69) is 16.7 Å². The van der Waals surface area contributed by atoms with E-state index in [0.29, 0.717) is 5.56 Å². The van der Waals surface area contributed by atoms with Crippen molar-refractivity contribution in [2.75, 3.05) is 0 Å². The number of para-hydroxylation sites is 1. The molecule has 116 valence electrons. The van der Waals surface area contributed by atoms with Gasteiger partial charge < -0.3 is 4.42 Å². The van der Waals surface area contributed by atoms with Crippen LogP contribution in [0.15, 0.2) is 53.1 Å². The highest BCUT2D eigenvalue weighted by Crippen LogP contribution is 2.39. The molecular weight excluding hydrogens is 296 g/mol. The maximum absolute atomic E-state index is 9.63. The molecule has 0 aliphatic carbocycles. The van der Waals surface area contributed by atoms with Crippen LogP contribution in [0.5, 0.6) is 0 Å². The largest absolute Gasteiger partial charge is 0.455 e. The number of nitrogens with zero attached hydrogens (tertiary/aromatic N) is 2. The number of hydrogen-bond acceptors (Lipinski definition) is 2. The second kappa shape index (κ2) is 5.21. The van der Waals surface area contributed by atoms with Gasteiger partial charge in [-0.25, -0.2) is 4.57 Å². The maximum Gasteiger partial charge on any atom is 0.216 e. The highest BCUT2D eigenvalue weighted by atomic mass is 16.3. The molecule has 2 aromatic heterocycles. The molecule has 0 atom stereocenters. The van der Waals surface area contributed by atoms with Crippen LogP contribution in [-0.4, -0.2) is 0 Å². The van der Waals surface area contributed by atoms with E-state index in [1.54, 1.807) is 0 Å². The summed E-state index contributed by atoms with van der Waals surface area (Å²) >= 11 is 0. The molecule has 2 aromatic carbocycles. The van der Waals surface area contributed by atoms with E-state index in [-0.39, 0.29) is 0 Å². The topological polar surface area (TPSA) is 40.8 Å². The Labute approximate surface area is 140 Å². The molecule has 3 nitrogen and oxygen atoms in total. The molecule has 0 fully saturated rings. The fourth-order valence-corrected chi connectivity index (χ4v) is 3.43. The first-order valence-corrected chi connectivity index (χ1v) is 7.92. The van der Waals surface area contributed by atoms with Crippen LogP contribution in [0.4, 0.5) is 0 Å². The van der Waals surface area contributed by atoms with Crippen LogP contribution in [-0.2, 0) is 7.05 Å². The number of benzene rings is 2. The predicted octanol–water partition coefficient (Wildman–Crippen LogP) is 4.57. The molecule has 24 heavy (non-hydrogen) atoms. The summed E-state index contributed by atoms with van der Waals surface area (Å²) in [6.07, 6.45) is 2.02. The lowest BCUT2D eigenvalue weighted by atomic mass is 9.96. The van der Waals surface area contributed by atoms with E-state index >= 15 is 0 Å². The van der Waals surface area contributed by atoms with Gasteiger partial charge in [-0.2, -0.15) is 5.26 Å². The van der Waals surface area contributed by atoms with Gasteiger partial charge in [0, 0.05) is 22.9 Å². The Balaban J connectivity index is 2.26. The molecular formula is C21H17N2O+. The van der Waals surface area contributed by atoms with Gasteiger partial charge in [-0.05, 0) is 37.1 Å². The SMILES string of the molecule is Cc1cc(C#N)c2c(oc3c(C)cccc32)c1-c1cccc[n+]1C. The van der Waals surface area contributed by atoms with Crippen LogP contribution >= 0.6 is 0 Å². The molecule has 0 saturated heterocycles. The Morgan fingerprint density at radius 2 is 1.83 bits per heavy atom. The first kappa shape index (κ1) is 14.5. The van der Waals surface area contributed by atoms with Crippen LogP contribution in [0, 0.1) is 25.2 Å². The fraction of sp³-hybridized carbons (Fsp3) is 0.143. The van der Waals surface area contributed by atoms with Crippen molar-refractivity contribution < 1.29 is 8.98 Å². The molecule has 0 saturated carbocycles. The van der Waals surface area contributed by atoms with E-state index in [1.807, 2.05) is 63.5 Å². The van der Waals surface area contributed by atoms with Crippen molar-refractivity contribution in [1.29, 1.82) is 5.26 Å². The summed E-state index contributed by atoms with van der Waals surface area (Å²) in [6.45, 7) is 4.06. The smallest absolute Gasteiger partial charge is 0.216 e. The number of nitriles is 1. The molecule has 4 rings (SSSR count). The fourth-order valence-electron chi connectivity index (χ4n) is 3.43. The van der Waals surface area contributed by atoms with Gasteiger partial charge in [-0.3, -0.25) is 0 Å². The average Bonchev–Trinajstić information content (AvgIpc) is 2.96. The molecule has 3 heteroatoms. The first-order chi connectivity index (χ1) is 11.6. The highest BCUT2D eigenvalue weighted by molar-refractivity contribution is 6.13. The van der Waals surface area contributed by atoms with E-state index in [1.165, 1.54) is 0 Å².